The maximum atomic E-state index is 13.4. The van der Waals surface area contributed by atoms with Crippen molar-refractivity contribution in [3.05, 3.63) is 60.8 Å². The average Bonchev–Trinajstić information content (AvgIpc) is 3.26. The fraction of sp³-hybridized carbons (Fsp3) is 0.782. The minimum atomic E-state index is -4.69. The van der Waals surface area contributed by atoms with Gasteiger partial charge in [0.25, 0.3) is 7.82 Å². The molecular weight excluding hydrogens is 832 g/mol. The number of carbonyl (C=O) groups is 2. The first-order valence-corrected chi connectivity index (χ1v) is 28.1. The molecule has 1 amide bonds. The summed E-state index contributed by atoms with van der Waals surface area (Å²) in [6, 6.07) is -0.899. The Bertz CT molecular complexity index is 1300. The van der Waals surface area contributed by atoms with Crippen LogP contribution >= 0.6 is 7.82 Å². The Balaban J connectivity index is 5.43. The number of nitrogens with one attached hydrogen (secondary N) is 1. The molecule has 0 saturated heterocycles. The van der Waals surface area contributed by atoms with E-state index in [-0.39, 0.29) is 24.9 Å². The molecule has 378 valence electrons. The Hall–Kier alpha value is -2.29. The average molecular weight is 933 g/mol. The molecule has 0 rings (SSSR count). The van der Waals surface area contributed by atoms with Crippen molar-refractivity contribution in [2.24, 2.45) is 0 Å². The zero-order valence-corrected chi connectivity index (χ0v) is 43.8. The van der Waals surface area contributed by atoms with Crippen LogP contribution in [0.25, 0.3) is 0 Å². The van der Waals surface area contributed by atoms with Crippen molar-refractivity contribution < 1.29 is 37.3 Å². The van der Waals surface area contributed by atoms with Gasteiger partial charge in [-0.1, -0.05) is 197 Å². The summed E-state index contributed by atoms with van der Waals surface area (Å²) in [6.07, 6.45) is 54.7. The smallest absolute Gasteiger partial charge is 0.306 e. The van der Waals surface area contributed by atoms with Gasteiger partial charge in [0.05, 0.1) is 33.8 Å². The lowest BCUT2D eigenvalue weighted by molar-refractivity contribution is -0.870. The number of esters is 1. The van der Waals surface area contributed by atoms with Crippen molar-refractivity contribution in [2.45, 2.75) is 238 Å². The number of unbranched alkanes of at least 4 members (excludes halogenated alkanes) is 25. The Morgan fingerprint density at radius 1 is 0.554 bits per heavy atom. The van der Waals surface area contributed by atoms with Crippen molar-refractivity contribution in [3.63, 3.8) is 0 Å². The van der Waals surface area contributed by atoms with Gasteiger partial charge in [0.1, 0.15) is 19.3 Å². The van der Waals surface area contributed by atoms with E-state index in [0.29, 0.717) is 30.3 Å². The number of likely N-dealkylation sites (N-methyl/N-ethyl adjacent to an activating group) is 1. The van der Waals surface area contributed by atoms with Crippen LogP contribution in [0.4, 0.5) is 0 Å². The monoisotopic (exact) mass is 933 g/mol. The minimum absolute atomic E-state index is 0.0286. The summed E-state index contributed by atoms with van der Waals surface area (Å²) < 4.78 is 30.1. The zero-order chi connectivity index (χ0) is 48.0. The number of allylic oxidation sites excluding steroid dienone is 9. The number of ether oxygens (including phenoxy) is 1. The van der Waals surface area contributed by atoms with Crippen LogP contribution < -0.4 is 10.2 Å². The van der Waals surface area contributed by atoms with Crippen LogP contribution in [-0.4, -0.2) is 69.4 Å². The van der Waals surface area contributed by atoms with E-state index in [9.17, 15) is 19.0 Å². The fourth-order valence-electron chi connectivity index (χ4n) is 7.34. The van der Waals surface area contributed by atoms with Crippen molar-refractivity contribution in [2.75, 3.05) is 40.9 Å². The topological polar surface area (TPSA) is 114 Å². The zero-order valence-electron chi connectivity index (χ0n) is 42.9. The van der Waals surface area contributed by atoms with E-state index < -0.39 is 26.6 Å². The third-order valence-electron chi connectivity index (χ3n) is 11.5. The van der Waals surface area contributed by atoms with Crippen LogP contribution in [0.3, 0.4) is 0 Å². The maximum Gasteiger partial charge on any atom is 0.306 e. The molecule has 0 radical (unpaired) electrons. The van der Waals surface area contributed by atoms with Gasteiger partial charge in [-0.25, -0.2) is 0 Å². The van der Waals surface area contributed by atoms with Crippen LogP contribution in [0.5, 0.6) is 0 Å². The number of phosphoric ester groups is 1. The van der Waals surface area contributed by atoms with E-state index in [1.54, 1.807) is 0 Å². The number of nitrogens with zero attached hydrogens (tertiary/aromatic N) is 1. The standard InChI is InChI=1S/C55H101N2O7P/c1-7-10-13-16-19-22-25-27-28-30-33-36-39-42-45-48-55(59)64-53(46-43-40-37-34-31-24-21-18-15-12-9-3)52(51-63-65(60,61)62-50-49-57(4,5)6)56-54(58)47-44-41-38-35-32-29-26-23-20-17-14-11-8-2/h10,13,16,19,22,25,29,32,43,46,52-53H,7-9,11-12,14-15,17-18,20-21,23-24,26-28,30-31,33-42,44-45,47-51H2,1-6H3,(H-,56,58,60,61)/b13-10+,19-16+,25-22+,32-29-,46-43+. The molecule has 65 heavy (non-hydrogen) atoms. The molecule has 0 aromatic rings. The second kappa shape index (κ2) is 45.5. The molecule has 0 aromatic heterocycles. The largest absolute Gasteiger partial charge is 0.756 e. The van der Waals surface area contributed by atoms with Gasteiger partial charge in [0, 0.05) is 12.8 Å². The van der Waals surface area contributed by atoms with E-state index in [1.165, 1.54) is 103 Å². The Morgan fingerprint density at radius 3 is 1.52 bits per heavy atom. The van der Waals surface area contributed by atoms with Crippen molar-refractivity contribution in [1.29, 1.82) is 0 Å². The molecule has 0 aliphatic heterocycles. The summed E-state index contributed by atoms with van der Waals surface area (Å²) in [6.45, 7) is 6.66. The van der Waals surface area contributed by atoms with Crippen molar-refractivity contribution >= 4 is 19.7 Å². The van der Waals surface area contributed by atoms with Crippen molar-refractivity contribution in [1.82, 2.24) is 5.32 Å². The second-order valence-corrected chi connectivity index (χ2v) is 20.5. The minimum Gasteiger partial charge on any atom is -0.756 e. The molecular formula is C55H101N2O7P. The summed E-state index contributed by atoms with van der Waals surface area (Å²) in [5, 5.41) is 3.00. The number of amides is 1. The number of hydrogen-bond acceptors (Lipinski definition) is 7. The van der Waals surface area contributed by atoms with Crippen LogP contribution in [0.15, 0.2) is 60.8 Å². The van der Waals surface area contributed by atoms with Gasteiger partial charge in [-0.3, -0.25) is 14.2 Å². The first kappa shape index (κ1) is 62.7. The third kappa shape index (κ3) is 46.6. The number of phosphoric acid groups is 1. The van der Waals surface area contributed by atoms with Gasteiger partial charge in [-0.15, -0.1) is 0 Å². The van der Waals surface area contributed by atoms with E-state index >= 15 is 0 Å². The fourth-order valence-corrected chi connectivity index (χ4v) is 8.06. The normalized spacial score (nSPS) is 14.4. The maximum absolute atomic E-state index is 13.4. The molecule has 0 aliphatic rings. The SMILES string of the molecule is CC/C=C/C=C/C=C/CCCCCCCCCC(=O)OC(/C=C/CCCCCCCCCCC)C(COP(=O)([O-])OCC[N+](C)(C)C)NC(=O)CCCCC/C=C\CCCCCCCC. The summed E-state index contributed by atoms with van der Waals surface area (Å²) in [5.74, 6) is -0.577. The molecule has 10 heteroatoms. The lowest BCUT2D eigenvalue weighted by Crippen LogP contribution is -2.47. The van der Waals surface area contributed by atoms with Gasteiger partial charge in [-0.2, -0.15) is 0 Å². The highest BCUT2D eigenvalue weighted by atomic mass is 31.2. The lowest BCUT2D eigenvalue weighted by Gasteiger charge is -2.30. The van der Waals surface area contributed by atoms with Crippen LogP contribution in [0.2, 0.25) is 0 Å². The van der Waals surface area contributed by atoms with Gasteiger partial charge >= 0.3 is 5.97 Å². The molecule has 0 fully saturated rings. The number of quaternary nitrogens is 1. The predicted molar refractivity (Wildman–Crippen MR) is 275 cm³/mol. The number of hydrogen-bond donors (Lipinski definition) is 1. The van der Waals surface area contributed by atoms with Crippen LogP contribution in [0.1, 0.15) is 226 Å². The Labute approximate surface area is 401 Å². The van der Waals surface area contributed by atoms with Gasteiger partial charge in [0.2, 0.25) is 5.91 Å². The Kier molecular flexibility index (Phi) is 43.9. The quantitative estimate of drug-likeness (QED) is 0.0161. The van der Waals surface area contributed by atoms with E-state index in [1.807, 2.05) is 33.3 Å². The summed E-state index contributed by atoms with van der Waals surface area (Å²) in [5.41, 5.74) is 0. The molecule has 3 unspecified atom stereocenters. The van der Waals surface area contributed by atoms with Gasteiger partial charge < -0.3 is 28.5 Å². The van der Waals surface area contributed by atoms with E-state index in [4.69, 9.17) is 13.8 Å². The van der Waals surface area contributed by atoms with Crippen LogP contribution in [0, 0.1) is 0 Å². The number of carbonyl (C=O) groups excluding carboxylic acids is 2. The van der Waals surface area contributed by atoms with Gasteiger partial charge in [0.15, 0.2) is 0 Å². The molecule has 0 spiro atoms. The number of rotatable bonds is 47. The highest BCUT2D eigenvalue weighted by Crippen LogP contribution is 2.38. The molecule has 3 atom stereocenters. The van der Waals surface area contributed by atoms with Crippen LogP contribution in [-0.2, 0) is 27.9 Å². The first-order chi connectivity index (χ1) is 31.4. The van der Waals surface area contributed by atoms with Gasteiger partial charge in [-0.05, 0) is 76.7 Å². The highest BCUT2D eigenvalue weighted by molar-refractivity contribution is 7.45. The summed E-state index contributed by atoms with van der Waals surface area (Å²) in [4.78, 5) is 39.7. The third-order valence-corrected chi connectivity index (χ3v) is 12.5. The molecule has 0 bridgehead atoms. The van der Waals surface area contributed by atoms with Crippen molar-refractivity contribution in [3.8, 4) is 0 Å². The van der Waals surface area contributed by atoms with E-state index in [0.717, 1.165) is 77.0 Å². The molecule has 9 nitrogen and oxygen atoms in total. The summed E-state index contributed by atoms with van der Waals surface area (Å²) in [7, 11) is 1.16. The van der Waals surface area contributed by atoms with E-state index in [2.05, 4.69) is 74.7 Å². The summed E-state index contributed by atoms with van der Waals surface area (Å²) >= 11 is 0. The molecule has 0 saturated carbocycles. The first-order valence-electron chi connectivity index (χ1n) is 26.6. The molecule has 0 aromatic carbocycles. The highest BCUT2D eigenvalue weighted by Gasteiger charge is 2.27. The molecule has 0 aliphatic carbocycles. The lowest BCUT2D eigenvalue weighted by atomic mass is 10.1. The molecule has 1 N–H and O–H groups in total. The molecule has 0 heterocycles. The Morgan fingerprint density at radius 2 is 1.00 bits per heavy atom. The second-order valence-electron chi connectivity index (χ2n) is 19.1. The predicted octanol–water partition coefficient (Wildman–Crippen LogP) is 14.9.